The SMILES string of the molecule is CCC[CH2][Sn]([CH2]CCC)([CH2]CCC)[c]1cn[nH]c1C. The van der Waals surface area contributed by atoms with Crippen LogP contribution in [0, 0.1) is 6.92 Å². The molecule has 0 aliphatic rings. The van der Waals surface area contributed by atoms with E-state index in [0.29, 0.717) is 0 Å². The van der Waals surface area contributed by atoms with E-state index in [4.69, 9.17) is 0 Å². The van der Waals surface area contributed by atoms with Gasteiger partial charge in [0, 0.05) is 0 Å². The summed E-state index contributed by atoms with van der Waals surface area (Å²) in [5.74, 6) is 0. The van der Waals surface area contributed by atoms with Crippen molar-refractivity contribution >= 4 is 22.0 Å². The van der Waals surface area contributed by atoms with Gasteiger partial charge in [0.2, 0.25) is 0 Å². The summed E-state index contributed by atoms with van der Waals surface area (Å²) in [6.45, 7) is 9.23. The Morgan fingerprint density at radius 1 is 0.947 bits per heavy atom. The average molecular weight is 371 g/mol. The van der Waals surface area contributed by atoms with Gasteiger partial charge in [0.05, 0.1) is 0 Å². The Hall–Kier alpha value is 0.00870. The van der Waals surface area contributed by atoms with Crippen molar-refractivity contribution in [2.45, 2.75) is 79.5 Å². The van der Waals surface area contributed by atoms with Gasteiger partial charge in [-0.2, -0.15) is 0 Å². The molecule has 0 bridgehead atoms. The molecule has 0 radical (unpaired) electrons. The molecule has 19 heavy (non-hydrogen) atoms. The molecule has 0 aliphatic heterocycles. The van der Waals surface area contributed by atoms with Crippen LogP contribution in [-0.4, -0.2) is 28.6 Å². The van der Waals surface area contributed by atoms with Crippen LogP contribution in [0.4, 0.5) is 0 Å². The first-order chi connectivity index (χ1) is 9.20. The number of aromatic nitrogens is 2. The van der Waals surface area contributed by atoms with Crippen LogP contribution in [0.2, 0.25) is 13.3 Å². The van der Waals surface area contributed by atoms with E-state index in [1.54, 1.807) is 3.58 Å². The molecule has 0 aromatic carbocycles. The van der Waals surface area contributed by atoms with E-state index >= 15 is 0 Å². The molecule has 0 aliphatic carbocycles. The van der Waals surface area contributed by atoms with Crippen LogP contribution in [0.3, 0.4) is 0 Å². The van der Waals surface area contributed by atoms with E-state index in [1.807, 2.05) is 0 Å². The molecule has 1 heterocycles. The fraction of sp³-hybridized carbons (Fsp3) is 0.812. The molecule has 1 aromatic rings. The van der Waals surface area contributed by atoms with E-state index in [1.165, 1.54) is 57.5 Å². The van der Waals surface area contributed by atoms with Gasteiger partial charge in [-0.3, -0.25) is 0 Å². The fourth-order valence-corrected chi connectivity index (χ4v) is 19.9. The van der Waals surface area contributed by atoms with Crippen LogP contribution in [-0.2, 0) is 0 Å². The Morgan fingerprint density at radius 3 is 1.74 bits per heavy atom. The van der Waals surface area contributed by atoms with E-state index in [2.05, 4.69) is 44.1 Å². The first-order valence-corrected chi connectivity index (χ1v) is 15.7. The third kappa shape index (κ3) is 4.80. The fourth-order valence-electron chi connectivity index (χ4n) is 3.21. The quantitative estimate of drug-likeness (QED) is 0.590. The zero-order chi connectivity index (χ0) is 14.1. The van der Waals surface area contributed by atoms with Crippen LogP contribution >= 0.6 is 0 Å². The second-order valence-corrected chi connectivity index (χ2v) is 19.1. The Labute approximate surface area is 123 Å². The van der Waals surface area contributed by atoms with Crippen LogP contribution in [0.15, 0.2) is 6.20 Å². The molecule has 0 unspecified atom stereocenters. The summed E-state index contributed by atoms with van der Waals surface area (Å²) >= 11 is -2.19. The normalized spacial score (nSPS) is 12.0. The van der Waals surface area contributed by atoms with Crippen molar-refractivity contribution in [2.75, 3.05) is 0 Å². The van der Waals surface area contributed by atoms with Crippen molar-refractivity contribution in [3.05, 3.63) is 11.9 Å². The third-order valence-electron chi connectivity index (χ3n) is 4.43. The molecule has 0 saturated heterocycles. The van der Waals surface area contributed by atoms with E-state index < -0.39 is 18.4 Å². The van der Waals surface area contributed by atoms with Crippen molar-refractivity contribution in [3.8, 4) is 0 Å². The molecule has 0 fully saturated rings. The number of unbranched alkanes of at least 4 members (excludes halogenated alkanes) is 3. The van der Waals surface area contributed by atoms with Crippen molar-refractivity contribution in [2.24, 2.45) is 0 Å². The van der Waals surface area contributed by atoms with Crippen LogP contribution in [0.5, 0.6) is 0 Å². The van der Waals surface area contributed by atoms with Crippen molar-refractivity contribution in [1.29, 1.82) is 0 Å². The van der Waals surface area contributed by atoms with E-state index in [9.17, 15) is 0 Å². The number of hydrogen-bond acceptors (Lipinski definition) is 1. The van der Waals surface area contributed by atoms with Crippen molar-refractivity contribution in [1.82, 2.24) is 10.2 Å². The Kier molecular flexibility index (Phi) is 8.12. The first-order valence-electron chi connectivity index (χ1n) is 8.20. The molecule has 1 aromatic heterocycles. The number of rotatable bonds is 10. The Balaban J connectivity index is 2.97. The predicted octanol–water partition coefficient (Wildman–Crippen LogP) is 4.77. The molecule has 110 valence electrons. The maximum atomic E-state index is 4.34. The first kappa shape index (κ1) is 17.1. The number of nitrogens with zero attached hydrogens (tertiary/aromatic N) is 1. The standard InChI is InChI=1S/C4H5N2.3C4H9.Sn/c1-4-2-3-5-6-4;3*1-3-4-2;/h3H,1H3,(H,5,6);3*1,3-4H2,2H3;. The summed E-state index contributed by atoms with van der Waals surface area (Å²) in [5, 5.41) is 7.55. The summed E-state index contributed by atoms with van der Waals surface area (Å²) in [4.78, 5) is 0. The predicted molar refractivity (Wildman–Crippen MR) is 87.9 cm³/mol. The summed E-state index contributed by atoms with van der Waals surface area (Å²) in [6.07, 6.45) is 10.5. The van der Waals surface area contributed by atoms with Gasteiger partial charge in [-0.05, 0) is 0 Å². The molecule has 0 saturated carbocycles. The zero-order valence-electron chi connectivity index (χ0n) is 13.4. The van der Waals surface area contributed by atoms with Crippen molar-refractivity contribution < 1.29 is 0 Å². The third-order valence-corrected chi connectivity index (χ3v) is 20.4. The molecular formula is C16H32N2Sn. The molecule has 1 N–H and O–H groups in total. The van der Waals surface area contributed by atoms with E-state index in [-0.39, 0.29) is 0 Å². The number of hydrogen-bond donors (Lipinski definition) is 1. The molecule has 2 nitrogen and oxygen atoms in total. The van der Waals surface area contributed by atoms with Gasteiger partial charge >= 0.3 is 124 Å². The van der Waals surface area contributed by atoms with Gasteiger partial charge in [-0.1, -0.05) is 0 Å². The van der Waals surface area contributed by atoms with Gasteiger partial charge in [0.1, 0.15) is 0 Å². The van der Waals surface area contributed by atoms with Crippen molar-refractivity contribution in [3.63, 3.8) is 0 Å². The minimum atomic E-state index is -2.19. The topological polar surface area (TPSA) is 28.7 Å². The molecule has 0 spiro atoms. The summed E-state index contributed by atoms with van der Waals surface area (Å²) in [7, 11) is 0. The summed E-state index contributed by atoms with van der Waals surface area (Å²) in [6, 6.07) is 0. The molecule has 3 heteroatoms. The number of nitrogens with one attached hydrogen (secondary N) is 1. The monoisotopic (exact) mass is 372 g/mol. The van der Waals surface area contributed by atoms with Gasteiger partial charge in [0.15, 0.2) is 0 Å². The zero-order valence-corrected chi connectivity index (χ0v) is 16.2. The maximum absolute atomic E-state index is 4.34. The second kappa shape index (κ2) is 9.04. The van der Waals surface area contributed by atoms with Gasteiger partial charge in [0.25, 0.3) is 0 Å². The number of aryl methyl sites for hydroxylation is 1. The molecule has 0 atom stereocenters. The minimum absolute atomic E-state index is 1.34. The Morgan fingerprint density at radius 2 is 1.42 bits per heavy atom. The van der Waals surface area contributed by atoms with Gasteiger partial charge in [-0.15, -0.1) is 0 Å². The number of H-pyrrole nitrogens is 1. The van der Waals surface area contributed by atoms with Crippen LogP contribution < -0.4 is 3.58 Å². The molecule has 0 amide bonds. The molecule has 1 rings (SSSR count). The summed E-state index contributed by atoms with van der Waals surface area (Å²) in [5.41, 5.74) is 1.37. The molecular weight excluding hydrogens is 339 g/mol. The average Bonchev–Trinajstić information content (AvgIpc) is 2.85. The van der Waals surface area contributed by atoms with Gasteiger partial charge in [-0.25, -0.2) is 0 Å². The van der Waals surface area contributed by atoms with Crippen LogP contribution in [0.1, 0.15) is 65.0 Å². The summed E-state index contributed by atoms with van der Waals surface area (Å²) < 4.78 is 6.30. The number of aromatic amines is 1. The van der Waals surface area contributed by atoms with Crippen LogP contribution in [0.25, 0.3) is 0 Å². The Bertz CT molecular complexity index is 324. The van der Waals surface area contributed by atoms with Gasteiger partial charge < -0.3 is 0 Å². The second-order valence-electron chi connectivity index (χ2n) is 6.00. The van der Waals surface area contributed by atoms with E-state index in [0.717, 1.165) is 0 Å².